The average Bonchev–Trinajstić information content (AvgIpc) is 2.90. The summed E-state index contributed by atoms with van der Waals surface area (Å²) in [5, 5.41) is 3.70. The van der Waals surface area contributed by atoms with Crippen LogP contribution < -0.4 is 5.32 Å². The van der Waals surface area contributed by atoms with Crippen molar-refractivity contribution in [2.75, 3.05) is 5.75 Å². The molecule has 0 aliphatic rings. The minimum Gasteiger partial charge on any atom is -0.352 e. The van der Waals surface area contributed by atoms with Crippen LogP contribution in [0.3, 0.4) is 0 Å². The van der Waals surface area contributed by atoms with Gasteiger partial charge in [0, 0.05) is 42.0 Å². The molecule has 0 spiro atoms. The summed E-state index contributed by atoms with van der Waals surface area (Å²) in [5.74, 6) is 1.35. The van der Waals surface area contributed by atoms with Crippen LogP contribution >= 0.6 is 23.4 Å². The summed E-state index contributed by atoms with van der Waals surface area (Å²) in [6, 6.07) is 27.0. The molecule has 2 atom stereocenters. The zero-order chi connectivity index (χ0) is 25.8. The minimum absolute atomic E-state index is 0.0227. The van der Waals surface area contributed by atoms with Gasteiger partial charge >= 0.3 is 0 Å². The molecule has 6 heteroatoms. The SMILES string of the molecule is CCC(C)NC(=O)C(Cc1ccccc1)N(Cc1ccccc1Cl)C(=O)CCSCc1ccccc1. The number of amides is 2. The third kappa shape index (κ3) is 8.72. The summed E-state index contributed by atoms with van der Waals surface area (Å²) in [6.45, 7) is 4.30. The molecule has 0 heterocycles. The number of hydrogen-bond donors (Lipinski definition) is 1. The van der Waals surface area contributed by atoms with Crippen molar-refractivity contribution in [3.63, 3.8) is 0 Å². The van der Waals surface area contributed by atoms with Gasteiger partial charge in [0.25, 0.3) is 0 Å². The predicted molar refractivity (Wildman–Crippen MR) is 151 cm³/mol. The lowest BCUT2D eigenvalue weighted by Crippen LogP contribution is -2.52. The molecule has 3 aromatic carbocycles. The standard InChI is InChI=1S/C30H35ClN2O2S/c1-3-23(2)32-30(35)28(20-24-12-6-4-7-13-24)33(21-26-16-10-11-17-27(26)31)29(34)18-19-36-22-25-14-8-5-9-15-25/h4-17,23,28H,3,18-22H2,1-2H3,(H,32,35). The Morgan fingerprint density at radius 3 is 2.17 bits per heavy atom. The summed E-state index contributed by atoms with van der Waals surface area (Å²) >= 11 is 8.20. The second-order valence-electron chi connectivity index (χ2n) is 8.92. The molecule has 4 nitrogen and oxygen atoms in total. The third-order valence-electron chi connectivity index (χ3n) is 6.14. The summed E-state index contributed by atoms with van der Waals surface area (Å²) in [7, 11) is 0. The van der Waals surface area contributed by atoms with Gasteiger partial charge in [-0.25, -0.2) is 0 Å². The number of carbonyl (C=O) groups is 2. The Kier molecular flexibility index (Phi) is 11.4. The van der Waals surface area contributed by atoms with E-state index in [4.69, 9.17) is 11.6 Å². The lowest BCUT2D eigenvalue weighted by Gasteiger charge is -2.32. The first-order valence-electron chi connectivity index (χ1n) is 12.5. The Bertz CT molecular complexity index is 1090. The van der Waals surface area contributed by atoms with E-state index in [-0.39, 0.29) is 24.4 Å². The number of benzene rings is 3. The monoisotopic (exact) mass is 522 g/mol. The molecule has 3 aromatic rings. The van der Waals surface area contributed by atoms with E-state index >= 15 is 0 Å². The van der Waals surface area contributed by atoms with Crippen LogP contribution in [0.2, 0.25) is 5.02 Å². The highest BCUT2D eigenvalue weighted by Crippen LogP contribution is 2.22. The highest BCUT2D eigenvalue weighted by atomic mass is 35.5. The Morgan fingerprint density at radius 2 is 1.53 bits per heavy atom. The highest BCUT2D eigenvalue weighted by molar-refractivity contribution is 7.98. The van der Waals surface area contributed by atoms with E-state index in [1.165, 1.54) is 5.56 Å². The summed E-state index contributed by atoms with van der Waals surface area (Å²) in [4.78, 5) is 28.9. The first-order chi connectivity index (χ1) is 17.5. The van der Waals surface area contributed by atoms with Gasteiger partial charge in [-0.1, -0.05) is 97.4 Å². The molecule has 0 aliphatic carbocycles. The first-order valence-corrected chi connectivity index (χ1v) is 14.0. The fraction of sp³-hybridized carbons (Fsp3) is 0.333. The molecular weight excluding hydrogens is 488 g/mol. The molecule has 0 aromatic heterocycles. The van der Waals surface area contributed by atoms with Crippen LogP contribution in [0.4, 0.5) is 0 Å². The summed E-state index contributed by atoms with van der Waals surface area (Å²) in [5.41, 5.74) is 3.08. The second-order valence-corrected chi connectivity index (χ2v) is 10.4. The van der Waals surface area contributed by atoms with Crippen LogP contribution in [0, 0.1) is 0 Å². The number of rotatable bonds is 13. The van der Waals surface area contributed by atoms with Crippen LogP contribution in [0.1, 0.15) is 43.4 Å². The molecule has 2 unspecified atom stereocenters. The van der Waals surface area contributed by atoms with Gasteiger partial charge in [0.2, 0.25) is 11.8 Å². The van der Waals surface area contributed by atoms with Gasteiger partial charge in [-0.15, -0.1) is 0 Å². The van der Waals surface area contributed by atoms with Gasteiger partial charge in [0.1, 0.15) is 6.04 Å². The van der Waals surface area contributed by atoms with Gasteiger partial charge in [0.05, 0.1) is 0 Å². The van der Waals surface area contributed by atoms with Crippen LogP contribution in [-0.2, 0) is 28.3 Å². The smallest absolute Gasteiger partial charge is 0.243 e. The lowest BCUT2D eigenvalue weighted by atomic mass is 10.0. The zero-order valence-electron chi connectivity index (χ0n) is 21.0. The Morgan fingerprint density at radius 1 is 0.917 bits per heavy atom. The predicted octanol–water partition coefficient (Wildman–Crippen LogP) is 6.52. The lowest BCUT2D eigenvalue weighted by molar-refractivity contribution is -0.141. The maximum Gasteiger partial charge on any atom is 0.243 e. The van der Waals surface area contributed by atoms with Crippen molar-refractivity contribution in [2.45, 2.75) is 57.5 Å². The van der Waals surface area contributed by atoms with E-state index in [0.717, 1.165) is 23.3 Å². The summed E-state index contributed by atoms with van der Waals surface area (Å²) < 4.78 is 0. The van der Waals surface area contributed by atoms with E-state index in [2.05, 4.69) is 17.4 Å². The maximum atomic E-state index is 13.7. The van der Waals surface area contributed by atoms with Crippen molar-refractivity contribution in [3.05, 3.63) is 107 Å². The van der Waals surface area contributed by atoms with Gasteiger partial charge < -0.3 is 10.2 Å². The molecule has 1 N–H and O–H groups in total. The number of hydrogen-bond acceptors (Lipinski definition) is 3. The minimum atomic E-state index is -0.635. The van der Waals surface area contributed by atoms with Gasteiger partial charge in [-0.2, -0.15) is 11.8 Å². The van der Waals surface area contributed by atoms with Gasteiger partial charge in [-0.3, -0.25) is 9.59 Å². The fourth-order valence-corrected chi connectivity index (χ4v) is 4.96. The van der Waals surface area contributed by atoms with Crippen LogP contribution in [0.5, 0.6) is 0 Å². The topological polar surface area (TPSA) is 49.4 Å². The van der Waals surface area contributed by atoms with E-state index in [9.17, 15) is 9.59 Å². The third-order valence-corrected chi connectivity index (χ3v) is 7.54. The molecule has 0 bridgehead atoms. The molecule has 190 valence electrons. The zero-order valence-corrected chi connectivity index (χ0v) is 22.6. The average molecular weight is 523 g/mol. The van der Waals surface area contributed by atoms with Crippen molar-refractivity contribution in [2.24, 2.45) is 0 Å². The quantitative estimate of drug-likeness (QED) is 0.260. The van der Waals surface area contributed by atoms with Crippen molar-refractivity contribution >= 4 is 35.2 Å². The number of carbonyl (C=O) groups excluding carboxylic acids is 2. The molecule has 0 saturated heterocycles. The van der Waals surface area contributed by atoms with Crippen molar-refractivity contribution < 1.29 is 9.59 Å². The number of thioether (sulfide) groups is 1. The fourth-order valence-electron chi connectivity index (χ4n) is 3.87. The maximum absolute atomic E-state index is 13.7. The normalized spacial score (nSPS) is 12.5. The van der Waals surface area contributed by atoms with E-state index < -0.39 is 6.04 Å². The molecule has 3 rings (SSSR count). The molecule has 0 radical (unpaired) electrons. The van der Waals surface area contributed by atoms with Crippen molar-refractivity contribution in [1.82, 2.24) is 10.2 Å². The van der Waals surface area contributed by atoms with Crippen LogP contribution in [0.15, 0.2) is 84.9 Å². The van der Waals surface area contributed by atoms with E-state index in [0.29, 0.717) is 23.6 Å². The number of halogens is 1. The number of nitrogens with zero attached hydrogens (tertiary/aromatic N) is 1. The van der Waals surface area contributed by atoms with E-state index in [1.807, 2.05) is 86.6 Å². The molecule has 36 heavy (non-hydrogen) atoms. The molecule has 0 fully saturated rings. The van der Waals surface area contributed by atoms with Crippen LogP contribution in [-0.4, -0.2) is 34.6 Å². The first kappa shape index (κ1) is 27.8. The Labute approximate surface area is 224 Å². The van der Waals surface area contributed by atoms with Gasteiger partial charge in [0.15, 0.2) is 0 Å². The van der Waals surface area contributed by atoms with E-state index in [1.54, 1.807) is 16.7 Å². The molecule has 0 aliphatic heterocycles. The highest BCUT2D eigenvalue weighted by Gasteiger charge is 2.31. The molecule has 0 saturated carbocycles. The van der Waals surface area contributed by atoms with Crippen LogP contribution in [0.25, 0.3) is 0 Å². The Hall–Kier alpha value is -2.76. The second kappa shape index (κ2) is 14.7. The largest absolute Gasteiger partial charge is 0.352 e. The number of nitrogens with one attached hydrogen (secondary N) is 1. The van der Waals surface area contributed by atoms with Crippen molar-refractivity contribution in [1.29, 1.82) is 0 Å². The molecular formula is C30H35ClN2O2S. The summed E-state index contributed by atoms with van der Waals surface area (Å²) in [6.07, 6.45) is 1.61. The van der Waals surface area contributed by atoms with Gasteiger partial charge in [-0.05, 0) is 36.1 Å². The van der Waals surface area contributed by atoms with Crippen molar-refractivity contribution in [3.8, 4) is 0 Å². The molecule has 2 amide bonds. The Balaban J connectivity index is 1.81.